The molecule has 0 saturated carbocycles. The smallest absolute Gasteiger partial charge is 0.312 e. The van der Waals surface area contributed by atoms with Crippen molar-refractivity contribution in [3.8, 4) is 0 Å². The third-order valence-electron chi connectivity index (χ3n) is 4.11. The average molecular weight is 319 g/mol. The second-order valence-electron chi connectivity index (χ2n) is 5.67. The number of rotatable bonds is 3. The van der Waals surface area contributed by atoms with Crippen molar-refractivity contribution in [1.29, 1.82) is 0 Å². The van der Waals surface area contributed by atoms with Gasteiger partial charge in [0.1, 0.15) is 0 Å². The normalized spacial score (nSPS) is 21.3. The van der Waals surface area contributed by atoms with Gasteiger partial charge in [-0.15, -0.1) is 0 Å². The highest BCUT2D eigenvalue weighted by molar-refractivity contribution is 6.35. The molecule has 1 atom stereocenters. The first kappa shape index (κ1) is 15.7. The molecule has 23 heavy (non-hydrogen) atoms. The summed E-state index contributed by atoms with van der Waals surface area (Å²) >= 11 is 0. The molecule has 124 valence electrons. The number of piperazine rings is 1. The molecular formula is C15H21N5O3. The first-order valence-electron chi connectivity index (χ1n) is 7.95. The van der Waals surface area contributed by atoms with Crippen LogP contribution in [0, 0.1) is 0 Å². The number of amides is 2. The van der Waals surface area contributed by atoms with Crippen LogP contribution in [0.5, 0.6) is 0 Å². The zero-order valence-corrected chi connectivity index (χ0v) is 13.0. The van der Waals surface area contributed by atoms with Crippen LogP contribution in [0.3, 0.4) is 0 Å². The molecule has 2 aliphatic rings. The summed E-state index contributed by atoms with van der Waals surface area (Å²) in [6.07, 6.45) is 5.37. The Kier molecular flexibility index (Phi) is 5.02. The first-order chi connectivity index (χ1) is 11.2. The highest BCUT2D eigenvalue weighted by atomic mass is 16.5. The van der Waals surface area contributed by atoms with Crippen LogP contribution in [0.4, 0.5) is 5.95 Å². The van der Waals surface area contributed by atoms with Crippen molar-refractivity contribution in [3.05, 3.63) is 18.5 Å². The fraction of sp³-hybridized carbons (Fsp3) is 0.600. The minimum atomic E-state index is -0.551. The summed E-state index contributed by atoms with van der Waals surface area (Å²) in [4.78, 5) is 36.1. The summed E-state index contributed by atoms with van der Waals surface area (Å²) in [6.45, 7) is 3.36. The van der Waals surface area contributed by atoms with Crippen molar-refractivity contribution >= 4 is 17.8 Å². The van der Waals surface area contributed by atoms with E-state index in [1.165, 1.54) is 0 Å². The summed E-state index contributed by atoms with van der Waals surface area (Å²) in [5.41, 5.74) is 0. The van der Waals surface area contributed by atoms with Crippen molar-refractivity contribution in [3.63, 3.8) is 0 Å². The molecule has 0 aromatic carbocycles. The monoisotopic (exact) mass is 319 g/mol. The number of hydrogen-bond donors (Lipinski definition) is 1. The van der Waals surface area contributed by atoms with Crippen molar-refractivity contribution < 1.29 is 14.3 Å². The lowest BCUT2D eigenvalue weighted by Crippen LogP contribution is -2.53. The van der Waals surface area contributed by atoms with E-state index in [1.54, 1.807) is 23.4 Å². The lowest BCUT2D eigenvalue weighted by Gasteiger charge is -2.34. The summed E-state index contributed by atoms with van der Waals surface area (Å²) in [6, 6.07) is 1.77. The Balaban J connectivity index is 1.45. The van der Waals surface area contributed by atoms with Gasteiger partial charge in [-0.3, -0.25) is 9.59 Å². The third kappa shape index (κ3) is 3.95. The predicted octanol–water partition coefficient (Wildman–Crippen LogP) is -0.580. The molecule has 0 radical (unpaired) electrons. The van der Waals surface area contributed by atoms with Crippen LogP contribution < -0.4 is 10.2 Å². The van der Waals surface area contributed by atoms with E-state index in [0.717, 1.165) is 19.4 Å². The first-order valence-corrected chi connectivity index (χ1v) is 7.95. The molecule has 2 aliphatic heterocycles. The van der Waals surface area contributed by atoms with E-state index >= 15 is 0 Å². The van der Waals surface area contributed by atoms with Crippen molar-refractivity contribution in [2.24, 2.45) is 0 Å². The molecule has 0 aliphatic carbocycles. The topological polar surface area (TPSA) is 87.7 Å². The van der Waals surface area contributed by atoms with Gasteiger partial charge in [0.15, 0.2) is 0 Å². The SMILES string of the molecule is O=C(NCC1CCCO1)C(=O)N1CCN(c2ncccn2)CC1. The maximum Gasteiger partial charge on any atom is 0.312 e. The minimum Gasteiger partial charge on any atom is -0.376 e. The Labute approximate surface area is 134 Å². The van der Waals surface area contributed by atoms with E-state index in [9.17, 15) is 9.59 Å². The molecular weight excluding hydrogens is 298 g/mol. The van der Waals surface area contributed by atoms with Crippen LogP contribution in [0.1, 0.15) is 12.8 Å². The molecule has 1 aromatic heterocycles. The number of nitrogens with one attached hydrogen (secondary N) is 1. The van der Waals surface area contributed by atoms with Gasteiger partial charge in [-0.2, -0.15) is 0 Å². The minimum absolute atomic E-state index is 0.0406. The van der Waals surface area contributed by atoms with Gasteiger partial charge in [-0.1, -0.05) is 0 Å². The molecule has 3 heterocycles. The molecule has 1 aromatic rings. The summed E-state index contributed by atoms with van der Waals surface area (Å²) in [5, 5.41) is 2.67. The average Bonchev–Trinajstić information content (AvgIpc) is 3.13. The molecule has 0 bridgehead atoms. The van der Waals surface area contributed by atoms with Gasteiger partial charge in [0.2, 0.25) is 5.95 Å². The van der Waals surface area contributed by atoms with Crippen LogP contribution in [0.2, 0.25) is 0 Å². The molecule has 8 heteroatoms. The second kappa shape index (κ2) is 7.36. The van der Waals surface area contributed by atoms with Gasteiger partial charge in [0, 0.05) is 51.7 Å². The Morgan fingerprint density at radius 1 is 1.22 bits per heavy atom. The number of hydrogen-bond acceptors (Lipinski definition) is 6. The molecule has 3 rings (SSSR count). The fourth-order valence-electron chi connectivity index (χ4n) is 2.80. The lowest BCUT2D eigenvalue weighted by atomic mass is 10.2. The zero-order valence-electron chi connectivity index (χ0n) is 13.0. The molecule has 1 N–H and O–H groups in total. The molecule has 2 fully saturated rings. The maximum atomic E-state index is 12.2. The molecule has 2 saturated heterocycles. The summed E-state index contributed by atoms with van der Waals surface area (Å²) in [7, 11) is 0. The second-order valence-corrected chi connectivity index (χ2v) is 5.67. The van der Waals surface area contributed by atoms with Crippen molar-refractivity contribution in [2.45, 2.75) is 18.9 Å². The standard InChI is InChI=1S/C15H21N5O3/c21-13(18-11-12-3-1-10-23-12)14(22)19-6-8-20(9-7-19)15-16-4-2-5-17-15/h2,4-5,12H,1,3,6-11H2,(H,18,21). The number of carbonyl (C=O) groups is 2. The Hall–Kier alpha value is -2.22. The van der Waals surface area contributed by atoms with Gasteiger partial charge >= 0.3 is 11.8 Å². The zero-order chi connectivity index (χ0) is 16.1. The van der Waals surface area contributed by atoms with E-state index in [0.29, 0.717) is 38.7 Å². The number of anilines is 1. The molecule has 1 unspecified atom stereocenters. The van der Waals surface area contributed by atoms with Crippen LogP contribution >= 0.6 is 0 Å². The highest BCUT2D eigenvalue weighted by Gasteiger charge is 2.27. The Bertz CT molecular complexity index is 539. The number of carbonyl (C=O) groups excluding carboxylic acids is 2. The van der Waals surface area contributed by atoms with E-state index in [-0.39, 0.29) is 6.10 Å². The maximum absolute atomic E-state index is 12.2. The van der Waals surface area contributed by atoms with Crippen molar-refractivity contribution in [1.82, 2.24) is 20.2 Å². The summed E-state index contributed by atoms with van der Waals surface area (Å²) < 4.78 is 5.43. The van der Waals surface area contributed by atoms with E-state index < -0.39 is 11.8 Å². The highest BCUT2D eigenvalue weighted by Crippen LogP contribution is 2.11. The number of aromatic nitrogens is 2. The van der Waals surface area contributed by atoms with Gasteiger partial charge in [0.25, 0.3) is 0 Å². The number of ether oxygens (including phenoxy) is 1. The molecule has 0 spiro atoms. The van der Waals surface area contributed by atoms with Crippen LogP contribution in [0.15, 0.2) is 18.5 Å². The third-order valence-corrected chi connectivity index (χ3v) is 4.11. The quantitative estimate of drug-likeness (QED) is 0.750. The number of nitrogens with zero attached hydrogens (tertiary/aromatic N) is 4. The summed E-state index contributed by atoms with van der Waals surface area (Å²) in [5.74, 6) is -0.371. The van der Waals surface area contributed by atoms with Gasteiger partial charge in [-0.25, -0.2) is 9.97 Å². The van der Waals surface area contributed by atoms with Crippen LogP contribution in [0.25, 0.3) is 0 Å². The van der Waals surface area contributed by atoms with Crippen LogP contribution in [-0.4, -0.2) is 72.1 Å². The van der Waals surface area contributed by atoms with Gasteiger partial charge in [0.05, 0.1) is 6.10 Å². The van der Waals surface area contributed by atoms with E-state index in [1.807, 2.05) is 4.90 Å². The van der Waals surface area contributed by atoms with Crippen molar-refractivity contribution in [2.75, 3.05) is 44.2 Å². The van der Waals surface area contributed by atoms with Gasteiger partial charge < -0.3 is 19.9 Å². The fourth-order valence-corrected chi connectivity index (χ4v) is 2.80. The van der Waals surface area contributed by atoms with E-state index in [2.05, 4.69) is 15.3 Å². The Morgan fingerprint density at radius 2 is 1.96 bits per heavy atom. The molecule has 2 amide bonds. The van der Waals surface area contributed by atoms with Gasteiger partial charge in [-0.05, 0) is 18.9 Å². The lowest BCUT2D eigenvalue weighted by molar-refractivity contribution is -0.146. The largest absolute Gasteiger partial charge is 0.376 e. The predicted molar refractivity (Wildman–Crippen MR) is 82.8 cm³/mol. The molecule has 8 nitrogen and oxygen atoms in total. The Morgan fingerprint density at radius 3 is 2.61 bits per heavy atom. The van der Waals surface area contributed by atoms with E-state index in [4.69, 9.17) is 4.74 Å². The van der Waals surface area contributed by atoms with Crippen LogP contribution in [-0.2, 0) is 14.3 Å².